The summed E-state index contributed by atoms with van der Waals surface area (Å²) < 4.78 is 16.3. The van der Waals surface area contributed by atoms with Gasteiger partial charge in [-0.2, -0.15) is 0 Å². The maximum atomic E-state index is 12.8. The van der Waals surface area contributed by atoms with Gasteiger partial charge in [-0.1, -0.05) is 35.5 Å². The van der Waals surface area contributed by atoms with Gasteiger partial charge in [-0.15, -0.1) is 0 Å². The molecule has 2 aromatic carbocycles. The molecule has 0 unspecified atom stereocenters. The molecule has 1 aromatic heterocycles. The van der Waals surface area contributed by atoms with E-state index in [1.54, 1.807) is 36.1 Å². The molecule has 0 aliphatic carbocycles. The molecule has 0 saturated carbocycles. The summed E-state index contributed by atoms with van der Waals surface area (Å²) in [7, 11) is 0. The second kappa shape index (κ2) is 9.93. The summed E-state index contributed by atoms with van der Waals surface area (Å²) in [6, 6.07) is 16.0. The van der Waals surface area contributed by atoms with Crippen LogP contribution in [0.1, 0.15) is 41.2 Å². The highest BCUT2D eigenvalue weighted by Gasteiger charge is 2.22. The smallest absolute Gasteiger partial charge is 0.342 e. The number of rotatable bonds is 8. The van der Waals surface area contributed by atoms with Crippen molar-refractivity contribution in [2.24, 2.45) is 0 Å². The number of carbonyl (C=O) groups is 2. The average molecular weight is 422 g/mol. The Morgan fingerprint density at radius 2 is 1.71 bits per heavy atom. The molecule has 0 N–H and O–H groups in total. The van der Waals surface area contributed by atoms with Crippen LogP contribution in [0.4, 0.5) is 5.69 Å². The van der Waals surface area contributed by atoms with Crippen molar-refractivity contribution in [3.8, 4) is 5.75 Å². The van der Waals surface area contributed by atoms with Crippen LogP contribution in [0.3, 0.4) is 0 Å². The summed E-state index contributed by atoms with van der Waals surface area (Å²) in [6.07, 6.45) is 0. The molecule has 3 aromatic rings. The van der Waals surface area contributed by atoms with E-state index in [-0.39, 0.29) is 30.7 Å². The van der Waals surface area contributed by atoms with E-state index in [1.807, 2.05) is 51.1 Å². The van der Waals surface area contributed by atoms with Gasteiger partial charge in [0.25, 0.3) is 5.91 Å². The van der Waals surface area contributed by atoms with Gasteiger partial charge in [0, 0.05) is 11.7 Å². The summed E-state index contributed by atoms with van der Waals surface area (Å²) in [4.78, 5) is 27.1. The normalized spacial score (nSPS) is 10.7. The summed E-state index contributed by atoms with van der Waals surface area (Å²) in [5.41, 5.74) is 2.56. The SMILES string of the molecule is Cc1noc(C)c1COc1ccccc1C(=O)OCC(=O)N(c1ccccc1)C(C)C. The molecule has 0 saturated heterocycles. The van der Waals surface area contributed by atoms with E-state index in [1.165, 1.54) is 0 Å². The van der Waals surface area contributed by atoms with Crippen molar-refractivity contribution in [1.82, 2.24) is 5.16 Å². The van der Waals surface area contributed by atoms with Crippen molar-refractivity contribution in [2.45, 2.75) is 40.3 Å². The summed E-state index contributed by atoms with van der Waals surface area (Å²) in [5, 5.41) is 3.90. The maximum Gasteiger partial charge on any atom is 0.342 e. The van der Waals surface area contributed by atoms with Crippen molar-refractivity contribution in [3.05, 3.63) is 77.2 Å². The molecule has 0 aliphatic rings. The largest absolute Gasteiger partial charge is 0.488 e. The lowest BCUT2D eigenvalue weighted by Gasteiger charge is -2.26. The number of carbonyl (C=O) groups excluding carboxylic acids is 2. The van der Waals surface area contributed by atoms with Gasteiger partial charge in [-0.25, -0.2) is 4.79 Å². The van der Waals surface area contributed by atoms with E-state index in [0.717, 1.165) is 16.9 Å². The first-order valence-electron chi connectivity index (χ1n) is 10.1. The van der Waals surface area contributed by atoms with Crippen molar-refractivity contribution in [3.63, 3.8) is 0 Å². The van der Waals surface area contributed by atoms with Crippen LogP contribution in [0, 0.1) is 13.8 Å². The first kappa shape index (κ1) is 22.1. The van der Waals surface area contributed by atoms with E-state index in [9.17, 15) is 9.59 Å². The van der Waals surface area contributed by atoms with Gasteiger partial charge in [0.1, 0.15) is 23.7 Å². The second-order valence-electron chi connectivity index (χ2n) is 7.36. The van der Waals surface area contributed by atoms with E-state index in [0.29, 0.717) is 11.5 Å². The summed E-state index contributed by atoms with van der Waals surface area (Å²) in [5.74, 6) is 0.102. The van der Waals surface area contributed by atoms with Crippen LogP contribution in [0.15, 0.2) is 59.1 Å². The molecule has 0 fully saturated rings. The van der Waals surface area contributed by atoms with E-state index < -0.39 is 5.97 Å². The number of hydrogen-bond donors (Lipinski definition) is 0. The van der Waals surface area contributed by atoms with Crippen molar-refractivity contribution in [1.29, 1.82) is 0 Å². The summed E-state index contributed by atoms with van der Waals surface area (Å²) in [6.45, 7) is 7.28. The van der Waals surface area contributed by atoms with Crippen LogP contribution in [0.5, 0.6) is 5.75 Å². The number of hydrogen-bond acceptors (Lipinski definition) is 6. The third-order valence-corrected chi connectivity index (χ3v) is 4.81. The predicted octanol–water partition coefficient (Wildman–Crippen LogP) is 4.47. The van der Waals surface area contributed by atoms with Gasteiger partial charge >= 0.3 is 5.97 Å². The Morgan fingerprint density at radius 3 is 2.35 bits per heavy atom. The molecule has 0 atom stereocenters. The lowest BCUT2D eigenvalue weighted by Crippen LogP contribution is -2.39. The van der Waals surface area contributed by atoms with Gasteiger partial charge in [-0.05, 0) is 52.0 Å². The van der Waals surface area contributed by atoms with E-state index >= 15 is 0 Å². The maximum absolute atomic E-state index is 12.8. The fraction of sp³-hybridized carbons (Fsp3) is 0.292. The number of benzene rings is 2. The molecule has 0 radical (unpaired) electrons. The van der Waals surface area contributed by atoms with Crippen LogP contribution in [0.2, 0.25) is 0 Å². The van der Waals surface area contributed by atoms with Gasteiger partial charge in [0.2, 0.25) is 0 Å². The number of anilines is 1. The zero-order valence-electron chi connectivity index (χ0n) is 18.1. The molecular weight excluding hydrogens is 396 g/mol. The van der Waals surface area contributed by atoms with Crippen LogP contribution in [0.25, 0.3) is 0 Å². The molecule has 1 amide bonds. The van der Waals surface area contributed by atoms with Gasteiger partial charge in [-0.3, -0.25) is 4.79 Å². The van der Waals surface area contributed by atoms with E-state index in [4.69, 9.17) is 14.0 Å². The first-order valence-corrected chi connectivity index (χ1v) is 10.1. The zero-order chi connectivity index (χ0) is 22.4. The highest BCUT2D eigenvalue weighted by atomic mass is 16.5. The summed E-state index contributed by atoms with van der Waals surface area (Å²) >= 11 is 0. The zero-order valence-corrected chi connectivity index (χ0v) is 18.1. The van der Waals surface area contributed by atoms with Crippen molar-refractivity contribution in [2.75, 3.05) is 11.5 Å². The molecular formula is C24H26N2O5. The number of ether oxygens (including phenoxy) is 2. The highest BCUT2D eigenvalue weighted by Crippen LogP contribution is 2.23. The average Bonchev–Trinajstić information content (AvgIpc) is 3.08. The lowest BCUT2D eigenvalue weighted by atomic mass is 10.2. The second-order valence-corrected chi connectivity index (χ2v) is 7.36. The quantitative estimate of drug-likeness (QED) is 0.498. The Hall–Kier alpha value is -3.61. The first-order chi connectivity index (χ1) is 14.9. The molecule has 1 heterocycles. The molecule has 3 rings (SSSR count). The third kappa shape index (κ3) is 5.31. The van der Waals surface area contributed by atoms with Crippen molar-refractivity contribution >= 4 is 17.6 Å². The number of aryl methyl sites for hydroxylation is 2. The minimum absolute atomic E-state index is 0.0840. The Kier molecular flexibility index (Phi) is 7.07. The minimum atomic E-state index is -0.625. The standard InChI is InChI=1S/C24H26N2O5/c1-16(2)26(19-10-6-5-7-11-19)23(27)15-30-24(28)20-12-8-9-13-22(20)29-14-21-17(3)25-31-18(21)4/h5-13,16H,14-15H2,1-4H3. The lowest BCUT2D eigenvalue weighted by molar-refractivity contribution is -0.122. The van der Waals surface area contributed by atoms with Gasteiger partial charge in [0.15, 0.2) is 6.61 Å². The van der Waals surface area contributed by atoms with Crippen LogP contribution >= 0.6 is 0 Å². The monoisotopic (exact) mass is 422 g/mol. The number of para-hydroxylation sites is 2. The fourth-order valence-electron chi connectivity index (χ4n) is 3.21. The Balaban J connectivity index is 1.67. The predicted molar refractivity (Wildman–Crippen MR) is 116 cm³/mol. The topological polar surface area (TPSA) is 81.9 Å². The molecule has 0 spiro atoms. The van der Waals surface area contributed by atoms with Gasteiger partial charge < -0.3 is 18.9 Å². The van der Waals surface area contributed by atoms with E-state index in [2.05, 4.69) is 5.16 Å². The number of esters is 1. The minimum Gasteiger partial charge on any atom is -0.488 e. The van der Waals surface area contributed by atoms with Crippen LogP contribution in [-0.2, 0) is 16.1 Å². The molecule has 0 aliphatic heterocycles. The molecule has 162 valence electrons. The van der Waals surface area contributed by atoms with Crippen LogP contribution < -0.4 is 9.64 Å². The molecule has 31 heavy (non-hydrogen) atoms. The van der Waals surface area contributed by atoms with Gasteiger partial charge in [0.05, 0.1) is 11.3 Å². The highest BCUT2D eigenvalue weighted by molar-refractivity contribution is 5.98. The number of nitrogens with zero attached hydrogens (tertiary/aromatic N) is 2. The Bertz CT molecular complexity index is 1020. The molecule has 7 heteroatoms. The Labute approximate surface area is 181 Å². The third-order valence-electron chi connectivity index (χ3n) is 4.81. The van der Waals surface area contributed by atoms with Crippen molar-refractivity contribution < 1.29 is 23.6 Å². The Morgan fingerprint density at radius 1 is 1.03 bits per heavy atom. The number of aromatic nitrogens is 1. The molecule has 7 nitrogen and oxygen atoms in total. The fourth-order valence-corrected chi connectivity index (χ4v) is 3.21. The number of amides is 1. The molecule has 0 bridgehead atoms. The van der Waals surface area contributed by atoms with Crippen LogP contribution in [-0.4, -0.2) is 29.7 Å².